The molecule has 1 fully saturated rings. The van der Waals surface area contributed by atoms with Gasteiger partial charge in [0, 0.05) is 25.3 Å². The number of ether oxygens (including phenoxy) is 1. The molecule has 1 atom stereocenters. The van der Waals surface area contributed by atoms with Gasteiger partial charge >= 0.3 is 0 Å². The molecule has 1 aliphatic heterocycles. The smallest absolute Gasteiger partial charge is 0.171 e. The highest BCUT2D eigenvalue weighted by atomic mass is 32.1. The molecule has 1 aliphatic rings. The predicted octanol–water partition coefficient (Wildman–Crippen LogP) is 3.66. The van der Waals surface area contributed by atoms with E-state index in [0.717, 1.165) is 38.5 Å². The third-order valence-electron chi connectivity index (χ3n) is 4.53. The second-order valence-corrected chi connectivity index (χ2v) is 7.26. The summed E-state index contributed by atoms with van der Waals surface area (Å²) in [4.78, 5) is 2.42. The minimum atomic E-state index is 0.139. The van der Waals surface area contributed by atoms with Gasteiger partial charge < -0.3 is 15.4 Å². The highest BCUT2D eigenvalue weighted by Crippen LogP contribution is 2.17. The Hall–Kier alpha value is -1.95. The summed E-state index contributed by atoms with van der Waals surface area (Å²) in [5, 5.41) is 7.49. The molecule has 0 amide bonds. The van der Waals surface area contributed by atoms with E-state index in [1.165, 1.54) is 16.7 Å². The highest BCUT2D eigenvalue weighted by Gasteiger charge is 2.19. The number of anilines is 1. The molecule has 1 saturated heterocycles. The quantitative estimate of drug-likeness (QED) is 0.787. The van der Waals surface area contributed by atoms with E-state index in [-0.39, 0.29) is 6.04 Å². The van der Waals surface area contributed by atoms with Crippen molar-refractivity contribution in [1.29, 1.82) is 0 Å². The third-order valence-corrected chi connectivity index (χ3v) is 4.75. The number of rotatable bonds is 5. The summed E-state index contributed by atoms with van der Waals surface area (Å²) < 4.78 is 5.47. The van der Waals surface area contributed by atoms with Crippen molar-refractivity contribution in [2.75, 3.05) is 38.2 Å². The van der Waals surface area contributed by atoms with Crippen molar-refractivity contribution in [2.24, 2.45) is 0 Å². The van der Waals surface area contributed by atoms with Crippen molar-refractivity contribution < 1.29 is 4.74 Å². The molecule has 0 aliphatic carbocycles. The SMILES string of the molecule is Cc1cc(C)cc(NC(=S)N[C@H](CN2CCOCC2)c2ccccc2)c1. The summed E-state index contributed by atoms with van der Waals surface area (Å²) in [6, 6.07) is 17.0. The number of hydrogen-bond acceptors (Lipinski definition) is 3. The zero-order chi connectivity index (χ0) is 18.4. The van der Waals surface area contributed by atoms with Crippen LogP contribution < -0.4 is 10.6 Å². The Labute approximate surface area is 161 Å². The first-order chi connectivity index (χ1) is 12.6. The number of aryl methyl sites for hydroxylation is 2. The highest BCUT2D eigenvalue weighted by molar-refractivity contribution is 7.80. The maximum absolute atomic E-state index is 5.60. The number of thiocarbonyl (C=S) groups is 1. The van der Waals surface area contributed by atoms with Crippen molar-refractivity contribution in [3.05, 3.63) is 65.2 Å². The van der Waals surface area contributed by atoms with E-state index in [9.17, 15) is 0 Å². The standard InChI is InChI=1S/C21H27N3OS/c1-16-12-17(2)14-19(13-16)22-21(26)23-20(18-6-4-3-5-7-18)15-24-8-10-25-11-9-24/h3-7,12-14,20H,8-11,15H2,1-2H3,(H2,22,23,26)/t20-/m1/s1. The minimum Gasteiger partial charge on any atom is -0.379 e. The largest absolute Gasteiger partial charge is 0.379 e. The first-order valence-corrected chi connectivity index (χ1v) is 9.52. The Morgan fingerprint density at radius 1 is 1.08 bits per heavy atom. The van der Waals surface area contributed by atoms with Crippen LogP contribution in [0.3, 0.4) is 0 Å². The molecule has 2 N–H and O–H groups in total. The zero-order valence-corrected chi connectivity index (χ0v) is 16.3. The molecular weight excluding hydrogens is 342 g/mol. The molecule has 2 aromatic carbocycles. The molecule has 3 rings (SSSR count). The van der Waals surface area contributed by atoms with Crippen molar-refractivity contribution in [1.82, 2.24) is 10.2 Å². The van der Waals surface area contributed by atoms with Gasteiger partial charge in [-0.2, -0.15) is 0 Å². The van der Waals surface area contributed by atoms with Crippen LogP contribution in [0.25, 0.3) is 0 Å². The second kappa shape index (κ2) is 9.12. The fourth-order valence-electron chi connectivity index (χ4n) is 3.33. The van der Waals surface area contributed by atoms with E-state index < -0.39 is 0 Å². The van der Waals surface area contributed by atoms with Crippen molar-refractivity contribution in [3.8, 4) is 0 Å². The number of morpholine rings is 1. The summed E-state index contributed by atoms with van der Waals surface area (Å²) in [7, 11) is 0. The predicted molar refractivity (Wildman–Crippen MR) is 112 cm³/mol. The Kier molecular flexibility index (Phi) is 6.61. The Morgan fingerprint density at radius 2 is 1.73 bits per heavy atom. The molecular formula is C21H27N3OS. The average Bonchev–Trinajstić information content (AvgIpc) is 2.62. The lowest BCUT2D eigenvalue weighted by atomic mass is 10.1. The van der Waals surface area contributed by atoms with Crippen LogP contribution in [-0.4, -0.2) is 42.9 Å². The van der Waals surface area contributed by atoms with Crippen LogP contribution >= 0.6 is 12.2 Å². The zero-order valence-electron chi connectivity index (χ0n) is 15.5. The molecule has 0 saturated carbocycles. The molecule has 26 heavy (non-hydrogen) atoms. The van der Waals surface area contributed by atoms with Gasteiger partial charge in [0.2, 0.25) is 0 Å². The first kappa shape index (κ1) is 18.8. The molecule has 0 spiro atoms. The lowest BCUT2D eigenvalue weighted by Gasteiger charge is -2.31. The number of nitrogens with one attached hydrogen (secondary N) is 2. The van der Waals surface area contributed by atoms with Gasteiger partial charge in [-0.25, -0.2) is 0 Å². The maximum Gasteiger partial charge on any atom is 0.171 e. The van der Waals surface area contributed by atoms with E-state index in [1.54, 1.807) is 0 Å². The van der Waals surface area contributed by atoms with E-state index in [1.807, 2.05) is 6.07 Å². The van der Waals surface area contributed by atoms with Crippen LogP contribution in [0.4, 0.5) is 5.69 Å². The van der Waals surface area contributed by atoms with Crippen LogP contribution in [0.5, 0.6) is 0 Å². The molecule has 4 nitrogen and oxygen atoms in total. The van der Waals surface area contributed by atoms with Crippen LogP contribution in [0.2, 0.25) is 0 Å². The molecule has 0 bridgehead atoms. The van der Waals surface area contributed by atoms with Gasteiger partial charge in [-0.15, -0.1) is 0 Å². The maximum atomic E-state index is 5.60. The fourth-order valence-corrected chi connectivity index (χ4v) is 3.59. The van der Waals surface area contributed by atoms with Gasteiger partial charge in [-0.3, -0.25) is 4.90 Å². The van der Waals surface area contributed by atoms with Crippen LogP contribution in [-0.2, 0) is 4.74 Å². The summed E-state index contributed by atoms with van der Waals surface area (Å²) in [6.07, 6.45) is 0. The number of hydrogen-bond donors (Lipinski definition) is 2. The van der Waals surface area contributed by atoms with E-state index >= 15 is 0 Å². The van der Waals surface area contributed by atoms with Gasteiger partial charge in [0.1, 0.15) is 0 Å². The number of nitrogens with zero attached hydrogens (tertiary/aromatic N) is 1. The monoisotopic (exact) mass is 369 g/mol. The molecule has 5 heteroatoms. The van der Waals surface area contributed by atoms with Crippen LogP contribution in [0, 0.1) is 13.8 Å². The van der Waals surface area contributed by atoms with Crippen molar-refractivity contribution in [3.63, 3.8) is 0 Å². The van der Waals surface area contributed by atoms with Gasteiger partial charge in [-0.1, -0.05) is 36.4 Å². The molecule has 1 heterocycles. The Balaban J connectivity index is 1.68. The second-order valence-electron chi connectivity index (χ2n) is 6.85. The molecule has 0 radical (unpaired) electrons. The summed E-state index contributed by atoms with van der Waals surface area (Å²) in [5.41, 5.74) is 4.72. The van der Waals surface area contributed by atoms with Gasteiger partial charge in [-0.05, 0) is 54.9 Å². The minimum absolute atomic E-state index is 0.139. The van der Waals surface area contributed by atoms with E-state index in [2.05, 4.69) is 71.8 Å². The molecule has 2 aromatic rings. The van der Waals surface area contributed by atoms with E-state index in [4.69, 9.17) is 17.0 Å². The van der Waals surface area contributed by atoms with Crippen LogP contribution in [0.1, 0.15) is 22.7 Å². The lowest BCUT2D eigenvalue weighted by molar-refractivity contribution is 0.0344. The van der Waals surface area contributed by atoms with Gasteiger partial charge in [0.25, 0.3) is 0 Å². The fraction of sp³-hybridized carbons (Fsp3) is 0.381. The summed E-state index contributed by atoms with van der Waals surface area (Å²) >= 11 is 5.60. The summed E-state index contributed by atoms with van der Waals surface area (Å²) in [5.74, 6) is 0. The normalized spacial score (nSPS) is 16.1. The molecule has 0 aromatic heterocycles. The summed E-state index contributed by atoms with van der Waals surface area (Å²) in [6.45, 7) is 8.62. The van der Waals surface area contributed by atoms with E-state index in [0.29, 0.717) is 5.11 Å². The topological polar surface area (TPSA) is 36.5 Å². The number of benzene rings is 2. The Bertz CT molecular complexity index is 709. The van der Waals surface area contributed by atoms with Gasteiger partial charge in [0.05, 0.1) is 19.3 Å². The van der Waals surface area contributed by atoms with Gasteiger partial charge in [0.15, 0.2) is 5.11 Å². The molecule has 0 unspecified atom stereocenters. The Morgan fingerprint density at radius 3 is 2.38 bits per heavy atom. The molecule has 138 valence electrons. The first-order valence-electron chi connectivity index (χ1n) is 9.11. The third kappa shape index (κ3) is 5.53. The van der Waals surface area contributed by atoms with Crippen molar-refractivity contribution >= 4 is 23.0 Å². The average molecular weight is 370 g/mol. The lowest BCUT2D eigenvalue weighted by Crippen LogP contribution is -2.44. The van der Waals surface area contributed by atoms with Crippen molar-refractivity contribution in [2.45, 2.75) is 19.9 Å². The van der Waals surface area contributed by atoms with Crippen LogP contribution in [0.15, 0.2) is 48.5 Å².